The van der Waals surface area contributed by atoms with Crippen molar-refractivity contribution in [2.75, 3.05) is 7.05 Å². The Kier molecular flexibility index (Phi) is 4.69. The molecule has 0 aromatic heterocycles. The molecule has 0 saturated carbocycles. The van der Waals surface area contributed by atoms with Crippen LogP contribution in [0.2, 0.25) is 0 Å². The van der Waals surface area contributed by atoms with Crippen LogP contribution in [0.5, 0.6) is 0 Å². The molecule has 1 heterocycles. The molecule has 0 spiro atoms. The van der Waals surface area contributed by atoms with Crippen LogP contribution in [-0.2, 0) is 9.53 Å². The zero-order chi connectivity index (χ0) is 15.6. The number of rotatable bonds is 3. The third kappa shape index (κ3) is 3.63. The normalized spacial score (nSPS) is 29.7. The lowest BCUT2D eigenvalue weighted by Crippen LogP contribution is -3.21. The zero-order valence-electron chi connectivity index (χ0n) is 13.3. The van der Waals surface area contributed by atoms with Crippen molar-refractivity contribution in [1.29, 1.82) is 0 Å². The van der Waals surface area contributed by atoms with Crippen LogP contribution in [0.4, 0.5) is 0 Å². The Bertz CT molecular complexity index is 486. The fourth-order valence-corrected chi connectivity index (χ4v) is 3.14. The van der Waals surface area contributed by atoms with E-state index in [9.17, 15) is 9.90 Å². The van der Waals surface area contributed by atoms with Gasteiger partial charge in [0.2, 0.25) is 0 Å². The molecule has 116 valence electrons. The molecule has 1 unspecified atom stereocenters. The molecule has 2 rings (SSSR count). The Morgan fingerprint density at radius 3 is 2.57 bits per heavy atom. The summed E-state index contributed by atoms with van der Waals surface area (Å²) in [6.07, 6.45) is 0.333. The fourth-order valence-electron chi connectivity index (χ4n) is 3.14. The zero-order valence-corrected chi connectivity index (χ0v) is 13.3. The molecule has 1 aromatic rings. The maximum absolute atomic E-state index is 12.1. The largest absolute Gasteiger partial charge is 0.460 e. The SMILES string of the molecule is C[C@@H]1C[C@H](OC(=O)[C@H](O)c2ccccc2)CC(C)(C)[NH+]1C. The number of aliphatic hydroxyl groups is 1. The minimum Gasteiger partial charge on any atom is -0.460 e. The molecule has 1 fully saturated rings. The molecule has 1 aromatic carbocycles. The Morgan fingerprint density at radius 2 is 2.00 bits per heavy atom. The van der Waals surface area contributed by atoms with Crippen molar-refractivity contribution in [3.8, 4) is 0 Å². The summed E-state index contributed by atoms with van der Waals surface area (Å²) in [4.78, 5) is 13.6. The van der Waals surface area contributed by atoms with Crippen LogP contribution in [-0.4, -0.2) is 35.8 Å². The molecule has 1 aliphatic heterocycles. The van der Waals surface area contributed by atoms with E-state index < -0.39 is 12.1 Å². The van der Waals surface area contributed by atoms with Crippen molar-refractivity contribution in [2.24, 2.45) is 0 Å². The summed E-state index contributed by atoms with van der Waals surface area (Å²) in [5.74, 6) is -0.547. The van der Waals surface area contributed by atoms with E-state index in [1.165, 1.54) is 4.90 Å². The maximum Gasteiger partial charge on any atom is 0.339 e. The van der Waals surface area contributed by atoms with Gasteiger partial charge in [-0.1, -0.05) is 30.3 Å². The summed E-state index contributed by atoms with van der Waals surface area (Å²) >= 11 is 0. The van der Waals surface area contributed by atoms with E-state index in [1.54, 1.807) is 24.3 Å². The van der Waals surface area contributed by atoms with Crippen LogP contribution in [0.1, 0.15) is 45.3 Å². The monoisotopic (exact) mass is 292 g/mol. The quantitative estimate of drug-likeness (QED) is 0.821. The summed E-state index contributed by atoms with van der Waals surface area (Å²) in [6, 6.07) is 9.35. The van der Waals surface area contributed by atoms with Crippen LogP contribution in [0.15, 0.2) is 30.3 Å². The molecular formula is C17H26NO3+. The average molecular weight is 292 g/mol. The minimum atomic E-state index is -1.20. The molecule has 4 atom stereocenters. The van der Waals surface area contributed by atoms with E-state index in [1.807, 2.05) is 6.07 Å². The number of quaternary nitrogens is 1. The highest BCUT2D eigenvalue weighted by Crippen LogP contribution is 2.23. The molecule has 21 heavy (non-hydrogen) atoms. The topological polar surface area (TPSA) is 51.0 Å². The van der Waals surface area contributed by atoms with Gasteiger partial charge in [-0.15, -0.1) is 0 Å². The minimum absolute atomic E-state index is 0.0698. The first-order valence-electron chi connectivity index (χ1n) is 7.58. The standard InChI is InChI=1S/C17H25NO3/c1-12-10-14(11-17(2,3)18(12)4)21-16(20)15(19)13-8-6-5-7-9-13/h5-9,12,14-15,19H,10-11H2,1-4H3/p+1/t12-,14+,15-/m1/s1. The lowest BCUT2D eigenvalue weighted by molar-refractivity contribution is -0.959. The number of ether oxygens (including phenoxy) is 1. The van der Waals surface area contributed by atoms with Crippen molar-refractivity contribution < 1.29 is 19.5 Å². The maximum atomic E-state index is 12.1. The molecular weight excluding hydrogens is 266 g/mol. The lowest BCUT2D eigenvalue weighted by atomic mass is 9.85. The average Bonchev–Trinajstić information content (AvgIpc) is 2.44. The highest BCUT2D eigenvalue weighted by molar-refractivity contribution is 5.76. The number of aliphatic hydroxyl groups excluding tert-OH is 1. The second kappa shape index (κ2) is 6.16. The van der Waals surface area contributed by atoms with Crippen LogP contribution in [0.3, 0.4) is 0 Å². The number of benzene rings is 1. The first-order chi connectivity index (χ1) is 9.81. The summed E-state index contributed by atoms with van der Waals surface area (Å²) in [6.45, 7) is 6.55. The molecule has 1 aliphatic rings. The van der Waals surface area contributed by atoms with Gasteiger partial charge >= 0.3 is 5.97 Å². The second-order valence-corrected chi connectivity index (χ2v) is 6.78. The van der Waals surface area contributed by atoms with Gasteiger partial charge in [-0.25, -0.2) is 4.79 Å². The second-order valence-electron chi connectivity index (χ2n) is 6.78. The number of hydrogen-bond acceptors (Lipinski definition) is 3. The first-order valence-corrected chi connectivity index (χ1v) is 7.58. The van der Waals surface area contributed by atoms with Gasteiger partial charge in [0.15, 0.2) is 6.10 Å². The van der Waals surface area contributed by atoms with E-state index in [-0.39, 0.29) is 11.6 Å². The van der Waals surface area contributed by atoms with Gasteiger partial charge in [0.25, 0.3) is 0 Å². The smallest absolute Gasteiger partial charge is 0.339 e. The number of likely N-dealkylation sites (tertiary alicyclic amines) is 1. The Morgan fingerprint density at radius 1 is 1.38 bits per heavy atom. The van der Waals surface area contributed by atoms with Gasteiger partial charge in [0.1, 0.15) is 6.10 Å². The van der Waals surface area contributed by atoms with Crippen LogP contribution in [0.25, 0.3) is 0 Å². The number of esters is 1. The third-order valence-corrected chi connectivity index (χ3v) is 4.78. The van der Waals surface area contributed by atoms with Crippen molar-refractivity contribution in [3.05, 3.63) is 35.9 Å². The first kappa shape index (κ1) is 16.0. The van der Waals surface area contributed by atoms with E-state index in [4.69, 9.17) is 4.74 Å². The number of carbonyl (C=O) groups excluding carboxylic acids is 1. The number of nitrogens with one attached hydrogen (secondary N) is 1. The van der Waals surface area contributed by atoms with E-state index in [0.29, 0.717) is 11.6 Å². The van der Waals surface area contributed by atoms with Crippen molar-refractivity contribution in [1.82, 2.24) is 0 Å². The molecule has 4 nitrogen and oxygen atoms in total. The molecule has 2 N–H and O–H groups in total. The number of hydrogen-bond donors (Lipinski definition) is 2. The summed E-state index contributed by atoms with van der Waals surface area (Å²) < 4.78 is 5.56. The Labute approximate surface area is 126 Å². The highest BCUT2D eigenvalue weighted by atomic mass is 16.6. The molecule has 1 saturated heterocycles. The van der Waals surface area contributed by atoms with Crippen LogP contribution >= 0.6 is 0 Å². The van der Waals surface area contributed by atoms with E-state index in [0.717, 1.165) is 12.8 Å². The highest BCUT2D eigenvalue weighted by Gasteiger charge is 2.42. The molecule has 0 radical (unpaired) electrons. The summed E-state index contributed by atoms with van der Waals surface area (Å²) in [5.41, 5.74) is 0.647. The van der Waals surface area contributed by atoms with Crippen LogP contribution in [0, 0.1) is 0 Å². The fraction of sp³-hybridized carbons (Fsp3) is 0.588. The van der Waals surface area contributed by atoms with Crippen LogP contribution < -0.4 is 4.90 Å². The molecule has 0 aliphatic carbocycles. The van der Waals surface area contributed by atoms with Gasteiger partial charge in [-0.2, -0.15) is 0 Å². The van der Waals surface area contributed by atoms with Gasteiger partial charge in [-0.05, 0) is 26.3 Å². The summed E-state index contributed by atoms with van der Waals surface area (Å²) in [5, 5.41) is 10.1. The van der Waals surface area contributed by atoms with Crippen molar-refractivity contribution in [2.45, 2.75) is 57.4 Å². The van der Waals surface area contributed by atoms with Gasteiger partial charge in [0.05, 0.1) is 18.6 Å². The van der Waals surface area contributed by atoms with E-state index >= 15 is 0 Å². The van der Waals surface area contributed by atoms with Gasteiger partial charge in [-0.3, -0.25) is 0 Å². The summed E-state index contributed by atoms with van der Waals surface area (Å²) in [7, 11) is 2.18. The third-order valence-electron chi connectivity index (χ3n) is 4.78. The van der Waals surface area contributed by atoms with Crippen molar-refractivity contribution >= 4 is 5.97 Å². The van der Waals surface area contributed by atoms with Crippen molar-refractivity contribution in [3.63, 3.8) is 0 Å². The predicted octanol–water partition coefficient (Wildman–Crippen LogP) is 1.11. The number of carbonyl (C=O) groups is 1. The predicted molar refractivity (Wildman–Crippen MR) is 80.9 cm³/mol. The molecule has 0 amide bonds. The lowest BCUT2D eigenvalue weighted by Gasteiger charge is -2.44. The Balaban J connectivity index is 2.00. The number of piperidine rings is 1. The van der Waals surface area contributed by atoms with Gasteiger partial charge < -0.3 is 14.7 Å². The van der Waals surface area contributed by atoms with Gasteiger partial charge in [0, 0.05) is 12.8 Å². The Hall–Kier alpha value is -1.39. The van der Waals surface area contributed by atoms with E-state index in [2.05, 4.69) is 27.8 Å². The molecule has 4 heteroatoms. The molecule has 0 bridgehead atoms.